The molecule has 0 aliphatic rings. The van der Waals surface area contributed by atoms with Crippen LogP contribution in [0.4, 0.5) is 0 Å². The third-order valence-corrected chi connectivity index (χ3v) is 5.15. The summed E-state index contributed by atoms with van der Waals surface area (Å²) in [6.45, 7) is 1.65. The van der Waals surface area contributed by atoms with Crippen molar-refractivity contribution in [3.8, 4) is 0 Å². The molecule has 0 bridgehead atoms. The smallest absolute Gasteiger partial charge is 0.326 e. The zero-order valence-electron chi connectivity index (χ0n) is 18.9. The van der Waals surface area contributed by atoms with Gasteiger partial charge in [0.1, 0.15) is 18.1 Å². The van der Waals surface area contributed by atoms with Gasteiger partial charge < -0.3 is 38.3 Å². The van der Waals surface area contributed by atoms with Gasteiger partial charge in [-0.25, -0.2) is 4.79 Å². The third kappa shape index (κ3) is 10.5. The van der Waals surface area contributed by atoms with Crippen LogP contribution in [0.15, 0.2) is 35.3 Å². The van der Waals surface area contributed by atoms with E-state index in [0.29, 0.717) is 6.42 Å². The van der Waals surface area contributed by atoms with Crippen LogP contribution >= 0.6 is 12.6 Å². The predicted molar refractivity (Wildman–Crippen MR) is 131 cm³/mol. The second kappa shape index (κ2) is 14.8. The first kappa shape index (κ1) is 28.7. The molecule has 0 saturated carbocycles. The summed E-state index contributed by atoms with van der Waals surface area (Å²) in [5.74, 6) is -3.12. The van der Waals surface area contributed by atoms with E-state index in [1.165, 1.54) is 6.92 Å². The van der Waals surface area contributed by atoms with Crippen LogP contribution in [0.25, 0.3) is 0 Å². The van der Waals surface area contributed by atoms with Crippen LogP contribution in [0.5, 0.6) is 0 Å². The second-order valence-corrected chi connectivity index (χ2v) is 7.98. The summed E-state index contributed by atoms with van der Waals surface area (Å²) < 4.78 is 0. The van der Waals surface area contributed by atoms with Crippen LogP contribution in [0.3, 0.4) is 0 Å². The molecule has 1 rings (SSSR count). The van der Waals surface area contributed by atoms with Crippen molar-refractivity contribution in [2.45, 2.75) is 50.4 Å². The molecule has 3 amide bonds. The number of carboxylic acids is 1. The molecule has 0 aliphatic heterocycles. The number of thiol groups is 1. The first-order valence-corrected chi connectivity index (χ1v) is 11.3. The SMILES string of the molecule is CC(NC(=O)C(N)CS)C(=O)NC(Cc1ccccc1)C(=O)NC(CCCN=C(N)N)C(=O)O. The number of carboxylic acid groups (broad SMARTS) is 1. The Morgan fingerprint density at radius 3 is 2.18 bits per heavy atom. The van der Waals surface area contributed by atoms with Crippen molar-refractivity contribution in [2.75, 3.05) is 12.3 Å². The molecule has 0 spiro atoms. The molecule has 12 nitrogen and oxygen atoms in total. The normalized spacial score (nSPS) is 14.1. The Balaban J connectivity index is 2.91. The summed E-state index contributed by atoms with van der Waals surface area (Å²) in [4.78, 5) is 53.0. The summed E-state index contributed by atoms with van der Waals surface area (Å²) in [6.07, 6.45) is 0.507. The molecule has 0 fully saturated rings. The Kier molecular flexibility index (Phi) is 12.5. The van der Waals surface area contributed by atoms with Gasteiger partial charge in [-0.05, 0) is 25.3 Å². The summed E-state index contributed by atoms with van der Waals surface area (Å²) in [7, 11) is 0. The van der Waals surface area contributed by atoms with E-state index >= 15 is 0 Å². The molecular formula is C21H33N7O5S. The van der Waals surface area contributed by atoms with Crippen molar-refractivity contribution in [1.82, 2.24) is 16.0 Å². The van der Waals surface area contributed by atoms with Crippen molar-refractivity contribution in [3.05, 3.63) is 35.9 Å². The molecule has 0 heterocycles. The van der Waals surface area contributed by atoms with Gasteiger partial charge in [0.25, 0.3) is 0 Å². The predicted octanol–water partition coefficient (Wildman–Crippen LogP) is -1.90. The van der Waals surface area contributed by atoms with Crippen LogP contribution in [-0.4, -0.2) is 71.2 Å². The minimum atomic E-state index is -1.23. The second-order valence-electron chi connectivity index (χ2n) is 7.62. The Labute approximate surface area is 203 Å². The van der Waals surface area contributed by atoms with Crippen molar-refractivity contribution >= 4 is 42.3 Å². The van der Waals surface area contributed by atoms with Gasteiger partial charge in [-0.15, -0.1) is 0 Å². The number of benzene rings is 1. The lowest BCUT2D eigenvalue weighted by atomic mass is 10.0. The summed E-state index contributed by atoms with van der Waals surface area (Å²) in [5.41, 5.74) is 16.9. The number of nitrogens with zero attached hydrogens (tertiary/aromatic N) is 1. The number of hydrogen-bond acceptors (Lipinski definition) is 7. The number of guanidine groups is 1. The van der Waals surface area contributed by atoms with E-state index in [9.17, 15) is 24.3 Å². The molecule has 0 aliphatic carbocycles. The van der Waals surface area contributed by atoms with Crippen LogP contribution in [-0.2, 0) is 25.6 Å². The van der Waals surface area contributed by atoms with E-state index in [1.807, 2.05) is 0 Å². The maximum atomic E-state index is 13.0. The van der Waals surface area contributed by atoms with Gasteiger partial charge in [-0.1, -0.05) is 30.3 Å². The molecule has 1 aromatic rings. The Bertz CT molecular complexity index is 864. The molecule has 10 N–H and O–H groups in total. The van der Waals surface area contributed by atoms with Gasteiger partial charge >= 0.3 is 5.97 Å². The van der Waals surface area contributed by atoms with Gasteiger partial charge in [0.05, 0.1) is 6.04 Å². The zero-order chi connectivity index (χ0) is 25.7. The fourth-order valence-electron chi connectivity index (χ4n) is 2.86. The lowest BCUT2D eigenvalue weighted by Gasteiger charge is -2.24. The number of nitrogens with one attached hydrogen (secondary N) is 3. The fraction of sp³-hybridized carbons (Fsp3) is 0.476. The topological polar surface area (TPSA) is 215 Å². The lowest BCUT2D eigenvalue weighted by molar-refractivity contribution is -0.142. The van der Waals surface area contributed by atoms with E-state index in [2.05, 4.69) is 33.6 Å². The standard InChI is InChI=1S/C21H33N7O5S/c1-12(26-18(30)14(22)11-34)17(29)28-16(10-13-6-3-2-4-7-13)19(31)27-15(20(32)33)8-5-9-25-21(23)24/h2-4,6-7,12,14-16,34H,5,8-11,22H2,1H3,(H,26,30)(H,27,31)(H,28,29)(H,32,33)(H4,23,24,25). The van der Waals surface area contributed by atoms with E-state index < -0.39 is 47.9 Å². The number of carbonyl (C=O) groups excluding carboxylic acids is 3. The maximum Gasteiger partial charge on any atom is 0.326 e. The fourth-order valence-corrected chi connectivity index (χ4v) is 3.02. The number of amides is 3. The van der Waals surface area contributed by atoms with Crippen LogP contribution in [0.1, 0.15) is 25.3 Å². The molecule has 0 radical (unpaired) electrons. The third-order valence-electron chi connectivity index (χ3n) is 4.76. The Morgan fingerprint density at radius 2 is 1.62 bits per heavy atom. The van der Waals surface area contributed by atoms with Crippen LogP contribution < -0.4 is 33.2 Å². The molecule has 4 unspecified atom stereocenters. The van der Waals surface area contributed by atoms with Gasteiger partial charge in [-0.3, -0.25) is 19.4 Å². The quantitative estimate of drug-likeness (QED) is 0.0629. The first-order valence-electron chi connectivity index (χ1n) is 10.6. The number of rotatable bonds is 14. The molecule has 13 heteroatoms. The van der Waals surface area contributed by atoms with Crippen molar-refractivity contribution in [3.63, 3.8) is 0 Å². The molecule has 188 valence electrons. The maximum absolute atomic E-state index is 13.0. The highest BCUT2D eigenvalue weighted by molar-refractivity contribution is 7.80. The van der Waals surface area contributed by atoms with Crippen molar-refractivity contribution in [2.24, 2.45) is 22.2 Å². The van der Waals surface area contributed by atoms with E-state index in [-0.39, 0.29) is 31.1 Å². The lowest BCUT2D eigenvalue weighted by Crippen LogP contribution is -2.57. The first-order chi connectivity index (χ1) is 16.0. The average Bonchev–Trinajstić information content (AvgIpc) is 2.79. The number of hydrogen-bond donors (Lipinski definition) is 8. The molecule has 1 aromatic carbocycles. The van der Waals surface area contributed by atoms with Crippen LogP contribution in [0, 0.1) is 0 Å². The summed E-state index contributed by atoms with van der Waals surface area (Å²) in [6, 6.07) is 4.72. The molecule has 34 heavy (non-hydrogen) atoms. The number of nitrogens with two attached hydrogens (primary N) is 3. The van der Waals surface area contributed by atoms with E-state index in [4.69, 9.17) is 17.2 Å². The Hall–Kier alpha value is -3.32. The largest absolute Gasteiger partial charge is 0.480 e. The Morgan fingerprint density at radius 1 is 1.00 bits per heavy atom. The van der Waals surface area contributed by atoms with Gasteiger partial charge in [0.15, 0.2) is 5.96 Å². The van der Waals surface area contributed by atoms with Gasteiger partial charge in [0, 0.05) is 18.7 Å². The van der Waals surface area contributed by atoms with Gasteiger partial charge in [0.2, 0.25) is 17.7 Å². The number of aliphatic carboxylic acids is 1. The highest BCUT2D eigenvalue weighted by Gasteiger charge is 2.28. The van der Waals surface area contributed by atoms with E-state index in [1.54, 1.807) is 30.3 Å². The highest BCUT2D eigenvalue weighted by atomic mass is 32.1. The highest BCUT2D eigenvalue weighted by Crippen LogP contribution is 2.06. The van der Waals surface area contributed by atoms with Crippen LogP contribution in [0.2, 0.25) is 0 Å². The van der Waals surface area contributed by atoms with Gasteiger partial charge in [-0.2, -0.15) is 12.6 Å². The van der Waals surface area contributed by atoms with Crippen molar-refractivity contribution in [1.29, 1.82) is 0 Å². The minimum Gasteiger partial charge on any atom is -0.480 e. The molecule has 0 saturated heterocycles. The minimum absolute atomic E-state index is 0.0813. The molecular weight excluding hydrogens is 462 g/mol. The van der Waals surface area contributed by atoms with E-state index in [0.717, 1.165) is 5.56 Å². The summed E-state index contributed by atoms with van der Waals surface area (Å²) in [5, 5.41) is 17.0. The number of carbonyl (C=O) groups is 4. The zero-order valence-corrected chi connectivity index (χ0v) is 19.8. The number of aliphatic imine (C=N–C) groups is 1. The summed E-state index contributed by atoms with van der Waals surface area (Å²) >= 11 is 3.95. The molecule has 0 aromatic heterocycles. The van der Waals surface area contributed by atoms with Crippen molar-refractivity contribution < 1.29 is 24.3 Å². The average molecular weight is 496 g/mol. The molecule has 4 atom stereocenters. The monoisotopic (exact) mass is 495 g/mol.